The normalized spacial score (nSPS) is 19.3. The third-order valence-corrected chi connectivity index (χ3v) is 4.86. The van der Waals surface area contributed by atoms with Crippen molar-refractivity contribution in [1.29, 1.82) is 0 Å². The molecule has 19 heavy (non-hydrogen) atoms. The molecule has 1 saturated heterocycles. The highest BCUT2D eigenvalue weighted by atomic mass is 32.1. The Kier molecular flexibility index (Phi) is 2.89. The van der Waals surface area contributed by atoms with Gasteiger partial charge < -0.3 is 14.8 Å². The Morgan fingerprint density at radius 2 is 2.26 bits per heavy atom. The van der Waals surface area contributed by atoms with Gasteiger partial charge in [-0.3, -0.25) is 0 Å². The largest absolute Gasteiger partial charge is 0.548 e. The SMILES string of the molecule is Cc1sc2ncnc(N3CCC[C@H]3C(=O)[O-])c2c1C. The zero-order valence-corrected chi connectivity index (χ0v) is 11.7. The summed E-state index contributed by atoms with van der Waals surface area (Å²) in [6, 6.07) is -0.572. The van der Waals surface area contributed by atoms with E-state index in [2.05, 4.69) is 9.97 Å². The first kappa shape index (κ1) is 12.3. The van der Waals surface area contributed by atoms with Gasteiger partial charge in [0, 0.05) is 11.4 Å². The monoisotopic (exact) mass is 276 g/mol. The lowest BCUT2D eigenvalue weighted by Gasteiger charge is -2.26. The summed E-state index contributed by atoms with van der Waals surface area (Å²) in [6.45, 7) is 4.79. The first-order valence-corrected chi connectivity index (χ1v) is 7.09. The molecule has 0 N–H and O–H groups in total. The molecule has 1 atom stereocenters. The molecule has 0 saturated carbocycles. The second-order valence-electron chi connectivity index (χ2n) is 4.83. The minimum atomic E-state index is -1.02. The molecule has 1 fully saturated rings. The van der Waals surface area contributed by atoms with Gasteiger partial charge in [0.1, 0.15) is 17.0 Å². The number of aromatic nitrogens is 2. The molecule has 3 rings (SSSR count). The summed E-state index contributed by atoms with van der Waals surface area (Å²) < 4.78 is 0. The lowest BCUT2D eigenvalue weighted by atomic mass is 10.2. The smallest absolute Gasteiger partial charge is 0.141 e. The highest BCUT2D eigenvalue weighted by Crippen LogP contribution is 2.36. The van der Waals surface area contributed by atoms with E-state index >= 15 is 0 Å². The number of fused-ring (bicyclic) bond motifs is 1. The fourth-order valence-electron chi connectivity index (χ4n) is 2.65. The van der Waals surface area contributed by atoms with Gasteiger partial charge in [-0.2, -0.15) is 0 Å². The van der Waals surface area contributed by atoms with Crippen molar-refractivity contribution in [3.05, 3.63) is 16.8 Å². The Balaban J connectivity index is 2.17. The standard InChI is InChI=1S/C13H15N3O2S/c1-7-8(2)19-12-10(7)11(14-6-15-12)16-5-3-4-9(16)13(17)18/h6,9H,3-5H2,1-2H3,(H,17,18)/p-1/t9-/m0/s1. The quantitative estimate of drug-likeness (QED) is 0.819. The Morgan fingerprint density at radius 1 is 1.47 bits per heavy atom. The van der Waals surface area contributed by atoms with Crippen LogP contribution in [0.15, 0.2) is 6.33 Å². The Bertz CT molecular complexity index is 653. The van der Waals surface area contributed by atoms with E-state index in [0.717, 1.165) is 28.0 Å². The van der Waals surface area contributed by atoms with E-state index in [1.807, 2.05) is 18.7 Å². The number of carboxylic acid groups (broad SMARTS) is 1. The van der Waals surface area contributed by atoms with Gasteiger partial charge in [0.05, 0.1) is 17.4 Å². The van der Waals surface area contributed by atoms with Gasteiger partial charge in [-0.15, -0.1) is 11.3 Å². The number of hydrogen-bond donors (Lipinski definition) is 0. The first-order chi connectivity index (χ1) is 9.09. The number of nitrogens with zero attached hydrogens (tertiary/aromatic N) is 3. The van der Waals surface area contributed by atoms with Crippen LogP contribution >= 0.6 is 11.3 Å². The Morgan fingerprint density at radius 3 is 3.00 bits per heavy atom. The maximum absolute atomic E-state index is 11.2. The molecule has 5 nitrogen and oxygen atoms in total. The van der Waals surface area contributed by atoms with E-state index in [-0.39, 0.29) is 0 Å². The van der Waals surface area contributed by atoms with E-state index in [1.165, 1.54) is 11.2 Å². The summed E-state index contributed by atoms with van der Waals surface area (Å²) in [4.78, 5) is 23.8. The molecule has 1 aliphatic heterocycles. The molecule has 2 aromatic heterocycles. The zero-order chi connectivity index (χ0) is 13.6. The van der Waals surface area contributed by atoms with Crippen molar-refractivity contribution in [2.75, 3.05) is 11.4 Å². The van der Waals surface area contributed by atoms with Crippen LogP contribution in [0.5, 0.6) is 0 Å². The van der Waals surface area contributed by atoms with Crippen molar-refractivity contribution in [2.24, 2.45) is 0 Å². The Hall–Kier alpha value is -1.69. The topological polar surface area (TPSA) is 69.2 Å². The molecule has 0 aliphatic carbocycles. The second kappa shape index (κ2) is 4.45. The molecular formula is C13H14N3O2S-. The van der Waals surface area contributed by atoms with Gasteiger partial charge in [-0.1, -0.05) is 0 Å². The van der Waals surface area contributed by atoms with Crippen LogP contribution in [0.1, 0.15) is 23.3 Å². The van der Waals surface area contributed by atoms with Gasteiger partial charge in [-0.25, -0.2) is 9.97 Å². The molecule has 1 aliphatic rings. The molecule has 0 bridgehead atoms. The minimum Gasteiger partial charge on any atom is -0.548 e. The summed E-state index contributed by atoms with van der Waals surface area (Å²) in [5.74, 6) is -0.285. The molecule has 6 heteroatoms. The number of carbonyl (C=O) groups is 1. The Labute approximate surface area is 114 Å². The van der Waals surface area contributed by atoms with Crippen LogP contribution in [-0.2, 0) is 4.79 Å². The fraction of sp³-hybridized carbons (Fsp3) is 0.462. The summed E-state index contributed by atoms with van der Waals surface area (Å²) in [5, 5.41) is 12.2. The molecule has 100 valence electrons. The van der Waals surface area contributed by atoms with Crippen LogP contribution in [0.25, 0.3) is 10.2 Å². The van der Waals surface area contributed by atoms with Crippen LogP contribution < -0.4 is 10.0 Å². The van der Waals surface area contributed by atoms with Crippen molar-refractivity contribution in [1.82, 2.24) is 9.97 Å². The molecule has 0 radical (unpaired) electrons. The summed E-state index contributed by atoms with van der Waals surface area (Å²) in [7, 11) is 0. The maximum atomic E-state index is 11.2. The van der Waals surface area contributed by atoms with Gasteiger partial charge in [0.2, 0.25) is 0 Å². The van der Waals surface area contributed by atoms with E-state index in [9.17, 15) is 9.90 Å². The number of rotatable bonds is 2. The molecule has 0 spiro atoms. The van der Waals surface area contributed by atoms with Gasteiger partial charge in [0.25, 0.3) is 0 Å². The molecular weight excluding hydrogens is 262 g/mol. The predicted molar refractivity (Wildman–Crippen MR) is 72.3 cm³/mol. The summed E-state index contributed by atoms with van der Waals surface area (Å²) in [6.07, 6.45) is 2.99. The van der Waals surface area contributed by atoms with Crippen molar-refractivity contribution >= 4 is 33.3 Å². The van der Waals surface area contributed by atoms with Crippen LogP contribution in [0.2, 0.25) is 0 Å². The van der Waals surface area contributed by atoms with Crippen molar-refractivity contribution < 1.29 is 9.90 Å². The number of carbonyl (C=O) groups excluding carboxylic acids is 1. The summed E-state index contributed by atoms with van der Waals surface area (Å²) in [5.41, 5.74) is 1.14. The average Bonchev–Trinajstić information content (AvgIpc) is 2.96. The first-order valence-electron chi connectivity index (χ1n) is 6.28. The van der Waals surface area contributed by atoms with E-state index < -0.39 is 12.0 Å². The van der Waals surface area contributed by atoms with Gasteiger partial charge >= 0.3 is 0 Å². The number of hydrogen-bond acceptors (Lipinski definition) is 6. The molecule has 3 heterocycles. The van der Waals surface area contributed by atoms with Crippen LogP contribution in [0.4, 0.5) is 5.82 Å². The van der Waals surface area contributed by atoms with Crippen LogP contribution in [-0.4, -0.2) is 28.5 Å². The minimum absolute atomic E-state index is 0.572. The zero-order valence-electron chi connectivity index (χ0n) is 10.8. The third kappa shape index (κ3) is 1.87. The lowest BCUT2D eigenvalue weighted by molar-refractivity contribution is -0.307. The second-order valence-corrected chi connectivity index (χ2v) is 6.03. The molecule has 0 aromatic carbocycles. The van der Waals surface area contributed by atoms with Crippen LogP contribution in [0, 0.1) is 13.8 Å². The lowest BCUT2D eigenvalue weighted by Crippen LogP contribution is -2.44. The number of aliphatic carboxylic acids is 1. The third-order valence-electron chi connectivity index (χ3n) is 3.74. The maximum Gasteiger partial charge on any atom is 0.141 e. The van der Waals surface area contributed by atoms with Gasteiger partial charge in [-0.05, 0) is 32.3 Å². The molecule has 0 amide bonds. The average molecular weight is 276 g/mol. The predicted octanol–water partition coefficient (Wildman–Crippen LogP) is 1.03. The number of aryl methyl sites for hydroxylation is 2. The molecule has 2 aromatic rings. The van der Waals surface area contributed by atoms with Gasteiger partial charge in [0.15, 0.2) is 0 Å². The molecule has 0 unspecified atom stereocenters. The van der Waals surface area contributed by atoms with Crippen LogP contribution in [0.3, 0.4) is 0 Å². The van der Waals surface area contributed by atoms with Crippen molar-refractivity contribution in [2.45, 2.75) is 32.7 Å². The summed E-state index contributed by atoms with van der Waals surface area (Å²) >= 11 is 1.62. The number of carboxylic acids is 1. The van der Waals surface area contributed by atoms with E-state index in [1.54, 1.807) is 11.3 Å². The van der Waals surface area contributed by atoms with Crippen molar-refractivity contribution in [3.8, 4) is 0 Å². The van der Waals surface area contributed by atoms with E-state index in [0.29, 0.717) is 13.0 Å². The highest BCUT2D eigenvalue weighted by Gasteiger charge is 2.29. The highest BCUT2D eigenvalue weighted by molar-refractivity contribution is 7.18. The van der Waals surface area contributed by atoms with E-state index in [4.69, 9.17) is 0 Å². The number of thiophene rings is 1. The fourth-order valence-corrected chi connectivity index (χ4v) is 3.64. The van der Waals surface area contributed by atoms with Crippen molar-refractivity contribution in [3.63, 3.8) is 0 Å². The number of anilines is 1.